The Hall–Kier alpha value is -5.34. The summed E-state index contributed by atoms with van der Waals surface area (Å²) >= 11 is 0. The molecule has 1 N–H and O–H groups in total. The third-order valence-corrected chi connectivity index (χ3v) is 9.34. The van der Waals surface area contributed by atoms with Gasteiger partial charge >= 0.3 is 20.7 Å². The molecular formula is C39H40N3O9P. The van der Waals surface area contributed by atoms with Gasteiger partial charge in [0.1, 0.15) is 24.0 Å². The second-order valence-corrected chi connectivity index (χ2v) is 14.1. The molecule has 0 saturated carbocycles. The van der Waals surface area contributed by atoms with E-state index in [-0.39, 0.29) is 37.7 Å². The molecule has 1 aliphatic carbocycles. The van der Waals surface area contributed by atoms with Gasteiger partial charge in [0.2, 0.25) is 0 Å². The first-order valence-corrected chi connectivity index (χ1v) is 17.8. The molecule has 2 unspecified atom stereocenters. The van der Waals surface area contributed by atoms with E-state index >= 15 is 0 Å². The van der Waals surface area contributed by atoms with Gasteiger partial charge in [-0.15, -0.1) is 0 Å². The Bertz CT molecular complexity index is 1880. The summed E-state index contributed by atoms with van der Waals surface area (Å²) in [5, 5.41) is 23.3. The topological polar surface area (TPSA) is 159 Å². The molecule has 4 aromatic carbocycles. The van der Waals surface area contributed by atoms with Crippen molar-refractivity contribution in [2.45, 2.75) is 64.2 Å². The number of fused-ring (bicyclic) bond motifs is 3. The van der Waals surface area contributed by atoms with E-state index in [9.17, 15) is 19.7 Å². The SMILES string of the molecule is CC(OP(OCCC#N)Oc1ccc(C[C@H](NC(=O)OCC2c3ccccc3-c3ccccc32)C(=O)OC(C)(C)C)cc1)c1ccccc1[N+](=O)[O-]. The van der Waals surface area contributed by atoms with Crippen LogP contribution in [-0.2, 0) is 29.7 Å². The molecule has 0 saturated heterocycles. The van der Waals surface area contributed by atoms with Crippen molar-refractivity contribution >= 4 is 26.4 Å². The highest BCUT2D eigenvalue weighted by Crippen LogP contribution is 2.47. The second-order valence-electron chi connectivity index (χ2n) is 13.0. The maximum Gasteiger partial charge on any atom is 0.407 e. The predicted octanol–water partition coefficient (Wildman–Crippen LogP) is 8.70. The Balaban J connectivity index is 1.25. The van der Waals surface area contributed by atoms with E-state index in [1.165, 1.54) is 6.07 Å². The fourth-order valence-electron chi connectivity index (χ4n) is 5.78. The van der Waals surface area contributed by atoms with Crippen molar-refractivity contribution in [1.82, 2.24) is 5.32 Å². The average Bonchev–Trinajstić information content (AvgIpc) is 3.44. The van der Waals surface area contributed by atoms with Gasteiger partial charge in [-0.3, -0.25) is 14.6 Å². The van der Waals surface area contributed by atoms with Crippen LogP contribution in [0.2, 0.25) is 0 Å². The van der Waals surface area contributed by atoms with Crippen LogP contribution < -0.4 is 9.84 Å². The van der Waals surface area contributed by atoms with Gasteiger partial charge in [0.25, 0.3) is 5.69 Å². The van der Waals surface area contributed by atoms with Crippen LogP contribution in [0.25, 0.3) is 11.1 Å². The van der Waals surface area contributed by atoms with Gasteiger partial charge in [0.05, 0.1) is 35.7 Å². The van der Waals surface area contributed by atoms with Crippen LogP contribution >= 0.6 is 8.60 Å². The average molecular weight is 726 g/mol. The molecule has 1 amide bonds. The first-order chi connectivity index (χ1) is 24.9. The molecule has 0 aromatic heterocycles. The Morgan fingerprint density at radius 1 is 0.942 bits per heavy atom. The lowest BCUT2D eigenvalue weighted by atomic mass is 9.98. The van der Waals surface area contributed by atoms with Crippen molar-refractivity contribution in [2.75, 3.05) is 13.2 Å². The van der Waals surface area contributed by atoms with E-state index in [0.717, 1.165) is 22.3 Å². The number of carbonyl (C=O) groups is 2. The zero-order valence-corrected chi connectivity index (χ0v) is 30.2. The maximum atomic E-state index is 13.3. The van der Waals surface area contributed by atoms with Crippen molar-refractivity contribution in [3.05, 3.63) is 129 Å². The molecule has 13 heteroatoms. The van der Waals surface area contributed by atoms with Crippen molar-refractivity contribution in [3.8, 4) is 22.9 Å². The molecule has 0 fully saturated rings. The molecular weight excluding hydrogens is 685 g/mol. The lowest BCUT2D eigenvalue weighted by molar-refractivity contribution is -0.386. The highest BCUT2D eigenvalue weighted by molar-refractivity contribution is 7.42. The number of alkyl carbamates (subject to hydrolysis) is 1. The predicted molar refractivity (Wildman–Crippen MR) is 194 cm³/mol. The normalized spacial score (nSPS) is 13.8. The number of nitro benzene ring substituents is 1. The van der Waals surface area contributed by atoms with Crippen LogP contribution in [-0.4, -0.2) is 41.8 Å². The molecule has 5 rings (SSSR count). The minimum Gasteiger partial charge on any atom is -0.458 e. The molecule has 52 heavy (non-hydrogen) atoms. The third kappa shape index (κ3) is 9.92. The van der Waals surface area contributed by atoms with E-state index in [1.54, 1.807) is 70.2 Å². The quantitative estimate of drug-likeness (QED) is 0.0413. The summed E-state index contributed by atoms with van der Waals surface area (Å²) in [6.45, 7) is 7.01. The summed E-state index contributed by atoms with van der Waals surface area (Å²) in [5.74, 6) is -0.400. The smallest absolute Gasteiger partial charge is 0.407 e. The van der Waals surface area contributed by atoms with Gasteiger partial charge in [-0.25, -0.2) is 9.59 Å². The summed E-state index contributed by atoms with van der Waals surface area (Å²) in [6, 6.07) is 30.0. The maximum absolute atomic E-state index is 13.3. The standard InChI is InChI=1S/C39H40N3O9P/c1-26(29-12-9-10-17-36(29)42(45)46)50-52(48-23-11-22-40)51-28-20-18-27(19-21-28)24-35(37(43)49-39(2,3)4)41-38(44)47-25-34-32-15-7-5-13-30(32)31-14-6-8-16-33(31)34/h5-10,12-21,26,34-35H,11,23-25H2,1-4H3,(H,41,44)/t26?,35-,52?/m0/s1. The fourth-order valence-corrected chi connectivity index (χ4v) is 6.85. The van der Waals surface area contributed by atoms with Crippen LogP contribution in [0, 0.1) is 21.4 Å². The summed E-state index contributed by atoms with van der Waals surface area (Å²) in [7, 11) is -2.07. The van der Waals surface area contributed by atoms with Gasteiger partial charge in [-0.05, 0) is 73.7 Å². The number of hydrogen-bond donors (Lipinski definition) is 1. The molecule has 1 aliphatic rings. The molecule has 0 spiro atoms. The lowest BCUT2D eigenvalue weighted by Crippen LogP contribution is -2.46. The Labute approximate surface area is 303 Å². The summed E-state index contributed by atoms with van der Waals surface area (Å²) in [6.07, 6.45) is -1.32. The number of nitrogens with one attached hydrogen (secondary N) is 1. The first kappa shape index (κ1) is 37.9. The summed E-state index contributed by atoms with van der Waals surface area (Å²) in [4.78, 5) is 37.6. The van der Waals surface area contributed by atoms with E-state index in [1.807, 2.05) is 42.5 Å². The molecule has 270 valence electrons. The Morgan fingerprint density at radius 2 is 1.56 bits per heavy atom. The molecule has 0 radical (unpaired) electrons. The zero-order chi connectivity index (χ0) is 37.3. The van der Waals surface area contributed by atoms with E-state index in [4.69, 9.17) is 28.3 Å². The number of hydrogen-bond acceptors (Lipinski definition) is 10. The molecule has 4 aromatic rings. The van der Waals surface area contributed by atoms with Gasteiger partial charge < -0.3 is 23.8 Å². The van der Waals surface area contributed by atoms with Crippen LogP contribution in [0.5, 0.6) is 5.75 Å². The lowest BCUT2D eigenvalue weighted by Gasteiger charge is -2.25. The van der Waals surface area contributed by atoms with Gasteiger partial charge in [0.15, 0.2) is 0 Å². The minimum atomic E-state index is -2.07. The summed E-state index contributed by atoms with van der Waals surface area (Å²) in [5.41, 5.74) is 4.49. The number of benzene rings is 4. The van der Waals surface area contributed by atoms with Crippen molar-refractivity contribution in [1.29, 1.82) is 5.26 Å². The highest BCUT2D eigenvalue weighted by atomic mass is 31.2. The number of nitrogens with zero attached hydrogens (tertiary/aromatic N) is 2. The zero-order valence-electron chi connectivity index (χ0n) is 29.3. The van der Waals surface area contributed by atoms with Crippen molar-refractivity contribution in [3.63, 3.8) is 0 Å². The highest BCUT2D eigenvalue weighted by Gasteiger charge is 2.31. The number of amides is 1. The Kier molecular flexibility index (Phi) is 12.6. The van der Waals surface area contributed by atoms with Gasteiger partial charge in [-0.1, -0.05) is 72.8 Å². The molecule has 12 nitrogen and oxygen atoms in total. The van der Waals surface area contributed by atoms with Crippen LogP contribution in [0.4, 0.5) is 10.5 Å². The van der Waals surface area contributed by atoms with Crippen molar-refractivity contribution in [2.24, 2.45) is 0 Å². The third-order valence-electron chi connectivity index (χ3n) is 8.10. The minimum absolute atomic E-state index is 0.0308. The van der Waals surface area contributed by atoms with Crippen LogP contribution in [0.1, 0.15) is 68.4 Å². The van der Waals surface area contributed by atoms with Crippen LogP contribution in [0.3, 0.4) is 0 Å². The van der Waals surface area contributed by atoms with Gasteiger partial charge in [0, 0.05) is 18.4 Å². The first-order valence-electron chi connectivity index (χ1n) is 16.7. The number of para-hydroxylation sites is 1. The molecule has 0 heterocycles. The fraction of sp³-hybridized carbons (Fsp3) is 0.308. The van der Waals surface area contributed by atoms with E-state index < -0.39 is 43.3 Å². The van der Waals surface area contributed by atoms with E-state index in [0.29, 0.717) is 16.9 Å². The second kappa shape index (κ2) is 17.2. The molecule has 3 atom stereocenters. The van der Waals surface area contributed by atoms with E-state index in [2.05, 4.69) is 17.4 Å². The van der Waals surface area contributed by atoms with Gasteiger partial charge in [-0.2, -0.15) is 5.26 Å². The number of rotatable bonds is 15. The number of ether oxygens (including phenoxy) is 2. The van der Waals surface area contributed by atoms with Crippen LogP contribution in [0.15, 0.2) is 97.1 Å². The Morgan fingerprint density at radius 3 is 2.17 bits per heavy atom. The number of nitro groups is 1. The number of nitriles is 1. The van der Waals surface area contributed by atoms with Crippen molar-refractivity contribution < 1.29 is 37.6 Å². The summed E-state index contributed by atoms with van der Waals surface area (Å²) < 4.78 is 29.0. The largest absolute Gasteiger partial charge is 0.458 e. The monoisotopic (exact) mass is 725 g/mol. The number of esters is 1. The molecule has 0 bridgehead atoms. The number of carbonyl (C=O) groups excluding carboxylic acids is 2. The molecule has 0 aliphatic heterocycles.